The van der Waals surface area contributed by atoms with Gasteiger partial charge in [-0.05, 0) is 6.92 Å². The first-order chi connectivity index (χ1) is 4.24. The third-order valence-corrected chi connectivity index (χ3v) is 1.40. The van der Waals surface area contributed by atoms with Crippen molar-refractivity contribution in [2.24, 2.45) is 0 Å². The van der Waals surface area contributed by atoms with Gasteiger partial charge in [-0.2, -0.15) is 0 Å². The van der Waals surface area contributed by atoms with Crippen molar-refractivity contribution >= 4 is 0 Å². The molecule has 1 aliphatic rings. The molecule has 0 aliphatic carbocycles. The van der Waals surface area contributed by atoms with Crippen LogP contribution >= 0.6 is 0 Å². The van der Waals surface area contributed by atoms with E-state index in [1.165, 1.54) is 0 Å². The molecule has 3 heteroatoms. The van der Waals surface area contributed by atoms with Crippen LogP contribution < -0.4 is 0 Å². The van der Waals surface area contributed by atoms with Crippen molar-refractivity contribution in [3.8, 4) is 0 Å². The maximum atomic E-state index is 12.4. The van der Waals surface area contributed by atoms with E-state index in [-0.39, 0.29) is 13.0 Å². The summed E-state index contributed by atoms with van der Waals surface area (Å²) in [6.07, 6.45) is -2.11. The zero-order valence-electron chi connectivity index (χ0n) is 4.96. The van der Waals surface area contributed by atoms with Crippen molar-refractivity contribution in [2.75, 3.05) is 6.61 Å². The molecule has 2 nitrogen and oxygen atoms in total. The molecule has 1 aliphatic heterocycles. The van der Waals surface area contributed by atoms with Crippen LogP contribution in [0.3, 0.4) is 0 Å². The topological polar surface area (TPSA) is 29.5 Å². The summed E-state index contributed by atoms with van der Waals surface area (Å²) >= 11 is 0. The van der Waals surface area contributed by atoms with Crippen LogP contribution in [0.5, 0.6) is 0 Å². The average molecular weight is 132 g/mol. The van der Waals surface area contributed by atoms with Crippen LogP contribution in [0.25, 0.3) is 0 Å². The van der Waals surface area contributed by atoms with Gasteiger partial charge >= 0.3 is 0 Å². The van der Waals surface area contributed by atoms with Gasteiger partial charge in [0.1, 0.15) is 6.17 Å². The van der Waals surface area contributed by atoms with E-state index in [4.69, 9.17) is 16.8 Å². The van der Waals surface area contributed by atoms with Crippen LogP contribution in [-0.2, 0) is 4.74 Å². The van der Waals surface area contributed by atoms with Gasteiger partial charge in [0.2, 0.25) is 0 Å². The second kappa shape index (κ2) is 2.62. The number of hydrogen-bond acceptors (Lipinski definition) is 2. The summed E-state index contributed by atoms with van der Waals surface area (Å²) in [7, 11) is 0. The molecular formula is C6H9FO2. The molecule has 52 valence electrons. The Balaban J connectivity index is 2.35. The fraction of sp³-hybridized carbons (Fsp3) is 0.833. The summed E-state index contributed by atoms with van der Waals surface area (Å²) in [5.41, 5.74) is 0. The largest absolute Gasteiger partial charge is 0.394 e. The van der Waals surface area contributed by atoms with E-state index in [0.717, 1.165) is 0 Å². The number of hydrogen-bond donors (Lipinski definition) is 1. The summed E-state index contributed by atoms with van der Waals surface area (Å²) in [5.74, 6) is 0. The van der Waals surface area contributed by atoms with Gasteiger partial charge in [-0.15, -0.1) is 0 Å². The summed E-state index contributed by atoms with van der Waals surface area (Å²) in [6.45, 7) is 4.99. The Hall–Kier alpha value is -0.150. The summed E-state index contributed by atoms with van der Waals surface area (Å²) in [6, 6.07) is 0. The maximum absolute atomic E-state index is 12.4. The van der Waals surface area contributed by atoms with E-state index < -0.39 is 18.4 Å². The molecule has 0 aromatic carbocycles. The summed E-state index contributed by atoms with van der Waals surface area (Å²) < 4.78 is 17.2. The highest BCUT2D eigenvalue weighted by Gasteiger charge is 2.31. The van der Waals surface area contributed by atoms with Crippen LogP contribution in [0.2, 0.25) is 0 Å². The van der Waals surface area contributed by atoms with Crippen LogP contribution in [-0.4, -0.2) is 30.1 Å². The second-order valence-corrected chi connectivity index (χ2v) is 2.16. The van der Waals surface area contributed by atoms with Crippen LogP contribution in [0.1, 0.15) is 6.42 Å². The molecule has 0 bridgehead atoms. The Morgan fingerprint density at radius 2 is 2.44 bits per heavy atom. The van der Waals surface area contributed by atoms with Gasteiger partial charge in [-0.25, -0.2) is 4.39 Å². The van der Waals surface area contributed by atoms with E-state index in [1.54, 1.807) is 0 Å². The SMILES string of the molecule is [CH]C1O[C@H](CO)CC1F. The maximum Gasteiger partial charge on any atom is 0.129 e. The Kier molecular flexibility index (Phi) is 2.03. The molecular weight excluding hydrogens is 123 g/mol. The van der Waals surface area contributed by atoms with Crippen molar-refractivity contribution in [2.45, 2.75) is 24.8 Å². The summed E-state index contributed by atoms with van der Waals surface area (Å²) in [5, 5.41) is 8.45. The van der Waals surface area contributed by atoms with Crippen LogP contribution in [0.4, 0.5) is 4.39 Å². The molecule has 1 N–H and O–H groups in total. The smallest absolute Gasteiger partial charge is 0.129 e. The lowest BCUT2D eigenvalue weighted by Crippen LogP contribution is -2.13. The number of aliphatic hydroxyl groups is 1. The number of halogens is 1. The number of alkyl halides is 1. The molecule has 0 amide bonds. The van der Waals surface area contributed by atoms with E-state index in [1.807, 2.05) is 0 Å². The Morgan fingerprint density at radius 3 is 2.67 bits per heavy atom. The third kappa shape index (κ3) is 1.40. The van der Waals surface area contributed by atoms with Crippen molar-refractivity contribution < 1.29 is 14.2 Å². The molecule has 9 heavy (non-hydrogen) atoms. The molecule has 0 saturated carbocycles. The molecule has 0 aromatic heterocycles. The summed E-state index contributed by atoms with van der Waals surface area (Å²) in [4.78, 5) is 0. The molecule has 2 unspecified atom stereocenters. The molecule has 1 heterocycles. The Morgan fingerprint density at radius 1 is 1.78 bits per heavy atom. The number of ether oxygens (including phenoxy) is 1. The fourth-order valence-corrected chi connectivity index (χ4v) is 0.866. The molecule has 2 radical (unpaired) electrons. The molecule has 0 spiro atoms. The lowest BCUT2D eigenvalue weighted by molar-refractivity contribution is 0.0227. The highest BCUT2D eigenvalue weighted by molar-refractivity contribution is 4.83. The van der Waals surface area contributed by atoms with Gasteiger partial charge in [0.25, 0.3) is 0 Å². The van der Waals surface area contributed by atoms with E-state index in [2.05, 4.69) is 0 Å². The predicted molar refractivity (Wildman–Crippen MR) is 29.6 cm³/mol. The Labute approximate surface area is 53.6 Å². The van der Waals surface area contributed by atoms with Gasteiger partial charge in [0.15, 0.2) is 0 Å². The van der Waals surface area contributed by atoms with Crippen molar-refractivity contribution in [1.29, 1.82) is 0 Å². The highest BCUT2D eigenvalue weighted by atomic mass is 19.1. The predicted octanol–water partition coefficient (Wildman–Crippen LogP) is 0.185. The zero-order valence-corrected chi connectivity index (χ0v) is 4.96. The highest BCUT2D eigenvalue weighted by Crippen LogP contribution is 2.21. The van der Waals surface area contributed by atoms with E-state index in [9.17, 15) is 4.39 Å². The standard InChI is InChI=1S/C6H9FO2/c1-4-6(7)2-5(3-8)9-4/h1,4-6,8H,2-3H2/t4?,5-,6?/m0/s1. The average Bonchev–Trinajstić information content (AvgIpc) is 2.13. The van der Waals surface area contributed by atoms with Gasteiger partial charge in [-0.3, -0.25) is 0 Å². The van der Waals surface area contributed by atoms with Crippen LogP contribution in [0.15, 0.2) is 0 Å². The molecule has 1 fully saturated rings. The zero-order chi connectivity index (χ0) is 6.85. The quantitative estimate of drug-likeness (QED) is 0.551. The first-order valence-electron chi connectivity index (χ1n) is 2.90. The molecule has 3 atom stereocenters. The monoisotopic (exact) mass is 132 g/mol. The van der Waals surface area contributed by atoms with E-state index >= 15 is 0 Å². The van der Waals surface area contributed by atoms with Crippen molar-refractivity contribution in [3.05, 3.63) is 6.92 Å². The van der Waals surface area contributed by atoms with Gasteiger partial charge in [0, 0.05) is 6.42 Å². The second-order valence-electron chi connectivity index (χ2n) is 2.16. The lowest BCUT2D eigenvalue weighted by Gasteiger charge is -2.04. The molecule has 1 rings (SSSR count). The van der Waals surface area contributed by atoms with E-state index in [0.29, 0.717) is 0 Å². The van der Waals surface area contributed by atoms with Gasteiger partial charge < -0.3 is 9.84 Å². The minimum atomic E-state index is -1.11. The normalized spacial score (nSPS) is 43.7. The van der Waals surface area contributed by atoms with Crippen LogP contribution in [0, 0.1) is 6.92 Å². The van der Waals surface area contributed by atoms with Gasteiger partial charge in [0.05, 0.1) is 18.8 Å². The number of rotatable bonds is 1. The Bertz CT molecular complexity index is 87.1. The minimum absolute atomic E-state index is 0.145. The first-order valence-corrected chi connectivity index (χ1v) is 2.90. The van der Waals surface area contributed by atoms with Crippen molar-refractivity contribution in [1.82, 2.24) is 0 Å². The van der Waals surface area contributed by atoms with Crippen molar-refractivity contribution in [3.63, 3.8) is 0 Å². The fourth-order valence-electron chi connectivity index (χ4n) is 0.866. The van der Waals surface area contributed by atoms with Gasteiger partial charge in [-0.1, -0.05) is 0 Å². The third-order valence-electron chi connectivity index (χ3n) is 1.40. The number of aliphatic hydroxyl groups excluding tert-OH is 1. The first kappa shape index (κ1) is 6.96. The lowest BCUT2D eigenvalue weighted by atomic mass is 10.2. The minimum Gasteiger partial charge on any atom is -0.394 e. The molecule has 1 saturated heterocycles. The molecule has 0 aromatic rings.